The molecule has 0 N–H and O–H groups in total. The van der Waals surface area contributed by atoms with Crippen LogP contribution in [0.4, 0.5) is 0 Å². The van der Waals surface area contributed by atoms with E-state index in [1.54, 1.807) is 10.8 Å². The van der Waals surface area contributed by atoms with Crippen molar-refractivity contribution in [3.05, 3.63) is 47.0 Å². The monoisotopic (exact) mass is 232 g/mol. The molecule has 0 fully saturated rings. The van der Waals surface area contributed by atoms with Crippen molar-refractivity contribution in [2.24, 2.45) is 0 Å². The Balaban J connectivity index is 2.40. The van der Waals surface area contributed by atoms with Crippen LogP contribution < -0.4 is 0 Å². The molecular formula is C11H12N4O2. The summed E-state index contributed by atoms with van der Waals surface area (Å²) in [5.41, 5.74) is 1.55. The number of hydrogen-bond donors (Lipinski definition) is 0. The molecule has 6 heteroatoms. The van der Waals surface area contributed by atoms with Gasteiger partial charge in [0, 0.05) is 4.92 Å². The number of benzene rings is 1. The predicted octanol–water partition coefficient (Wildman–Crippen LogP) is 1.83. The van der Waals surface area contributed by atoms with Gasteiger partial charge in [-0.25, -0.2) is 4.68 Å². The van der Waals surface area contributed by atoms with Gasteiger partial charge in [-0.2, -0.15) is 0 Å². The van der Waals surface area contributed by atoms with E-state index in [0.717, 1.165) is 11.0 Å². The second kappa shape index (κ2) is 4.73. The Morgan fingerprint density at radius 1 is 1.53 bits per heavy atom. The lowest BCUT2D eigenvalue weighted by molar-refractivity contribution is -0.486. The van der Waals surface area contributed by atoms with Crippen molar-refractivity contribution in [3.8, 4) is 0 Å². The molecule has 17 heavy (non-hydrogen) atoms. The number of rotatable bonds is 5. The molecular weight excluding hydrogens is 220 g/mol. The molecule has 2 aromatic rings. The van der Waals surface area contributed by atoms with Crippen LogP contribution in [0.1, 0.15) is 12.5 Å². The van der Waals surface area contributed by atoms with Crippen molar-refractivity contribution in [2.75, 3.05) is 6.54 Å². The minimum atomic E-state index is -0.343. The molecule has 88 valence electrons. The Labute approximate surface area is 97.7 Å². The topological polar surface area (TPSA) is 73.8 Å². The first-order valence-corrected chi connectivity index (χ1v) is 5.25. The highest BCUT2D eigenvalue weighted by Gasteiger charge is 2.19. The van der Waals surface area contributed by atoms with Crippen LogP contribution in [-0.2, 0) is 0 Å². The lowest BCUT2D eigenvalue weighted by atomic mass is 10.2. The Morgan fingerprint density at radius 2 is 2.29 bits per heavy atom. The molecule has 0 aliphatic heterocycles. The summed E-state index contributed by atoms with van der Waals surface area (Å²) in [7, 11) is 0. The summed E-state index contributed by atoms with van der Waals surface area (Å²) in [6.45, 7) is 3.43. The first-order chi connectivity index (χ1) is 8.22. The van der Waals surface area contributed by atoms with Gasteiger partial charge in [0.1, 0.15) is 11.6 Å². The third kappa shape index (κ3) is 2.30. The maximum atomic E-state index is 10.6. The fourth-order valence-corrected chi connectivity index (χ4v) is 1.77. The van der Waals surface area contributed by atoms with Crippen LogP contribution in [0, 0.1) is 10.1 Å². The Bertz CT molecular complexity index is 549. The highest BCUT2D eigenvalue weighted by atomic mass is 16.6. The number of aromatic nitrogens is 3. The fraction of sp³-hybridized carbons (Fsp3) is 0.273. The first-order valence-electron chi connectivity index (χ1n) is 5.25. The fourth-order valence-electron chi connectivity index (χ4n) is 1.77. The molecule has 0 bridgehead atoms. The zero-order chi connectivity index (χ0) is 12.3. The molecule has 0 radical (unpaired) electrons. The van der Waals surface area contributed by atoms with Gasteiger partial charge >= 0.3 is 0 Å². The van der Waals surface area contributed by atoms with E-state index in [0.29, 0.717) is 6.42 Å². The molecule has 6 nitrogen and oxygen atoms in total. The molecule has 0 aliphatic rings. The van der Waals surface area contributed by atoms with Crippen molar-refractivity contribution < 1.29 is 4.92 Å². The van der Waals surface area contributed by atoms with E-state index in [1.807, 2.05) is 24.3 Å². The number of para-hydroxylation sites is 1. The molecule has 0 saturated heterocycles. The van der Waals surface area contributed by atoms with Gasteiger partial charge in [-0.15, -0.1) is 11.7 Å². The molecule has 2 rings (SSSR count). The Kier molecular flexibility index (Phi) is 3.13. The normalized spacial score (nSPS) is 12.5. The van der Waals surface area contributed by atoms with Crippen LogP contribution in [0.2, 0.25) is 0 Å². The third-order valence-corrected chi connectivity index (χ3v) is 2.52. The second-order valence-corrected chi connectivity index (χ2v) is 3.72. The Hall–Kier alpha value is -2.24. The zero-order valence-electron chi connectivity index (χ0n) is 9.19. The van der Waals surface area contributed by atoms with Crippen LogP contribution >= 0.6 is 0 Å². The van der Waals surface area contributed by atoms with Gasteiger partial charge < -0.3 is 0 Å². The van der Waals surface area contributed by atoms with Gasteiger partial charge in [-0.1, -0.05) is 23.4 Å². The number of nitro groups is 1. The molecule has 1 unspecified atom stereocenters. The Morgan fingerprint density at radius 3 is 3.00 bits per heavy atom. The summed E-state index contributed by atoms with van der Waals surface area (Å²) in [4.78, 5) is 10.3. The average Bonchev–Trinajstić information content (AvgIpc) is 2.71. The highest BCUT2D eigenvalue weighted by molar-refractivity contribution is 5.73. The van der Waals surface area contributed by atoms with Crippen molar-refractivity contribution in [2.45, 2.75) is 12.5 Å². The van der Waals surface area contributed by atoms with E-state index in [4.69, 9.17) is 0 Å². The van der Waals surface area contributed by atoms with E-state index in [2.05, 4.69) is 16.9 Å². The van der Waals surface area contributed by atoms with Gasteiger partial charge in [-0.3, -0.25) is 10.1 Å². The number of allylic oxidation sites excluding steroid dienone is 1. The van der Waals surface area contributed by atoms with E-state index in [9.17, 15) is 10.1 Å². The van der Waals surface area contributed by atoms with Gasteiger partial charge in [0.2, 0.25) is 6.54 Å². The maximum Gasteiger partial charge on any atom is 0.226 e. The average molecular weight is 232 g/mol. The predicted molar refractivity (Wildman–Crippen MR) is 63.2 cm³/mol. The van der Waals surface area contributed by atoms with Crippen molar-refractivity contribution >= 4 is 11.0 Å². The van der Waals surface area contributed by atoms with Crippen LogP contribution in [-0.4, -0.2) is 26.5 Å². The molecule has 0 saturated carbocycles. The maximum absolute atomic E-state index is 10.6. The SMILES string of the molecule is C=CCC(C[N+](=O)[O-])n1nnc2ccccc21. The molecule has 0 spiro atoms. The lowest BCUT2D eigenvalue weighted by Gasteiger charge is -2.11. The molecule has 1 aromatic heterocycles. The van der Waals surface area contributed by atoms with E-state index < -0.39 is 0 Å². The molecule has 1 heterocycles. The van der Waals surface area contributed by atoms with Crippen molar-refractivity contribution in [1.82, 2.24) is 15.0 Å². The van der Waals surface area contributed by atoms with Gasteiger partial charge in [0.25, 0.3) is 0 Å². The summed E-state index contributed by atoms with van der Waals surface area (Å²) in [6, 6.07) is 7.06. The minimum absolute atomic E-state index is 0.181. The number of hydrogen-bond acceptors (Lipinski definition) is 4. The molecule has 0 amide bonds. The largest absolute Gasteiger partial charge is 0.264 e. The van der Waals surface area contributed by atoms with Crippen LogP contribution in [0.5, 0.6) is 0 Å². The second-order valence-electron chi connectivity index (χ2n) is 3.72. The van der Waals surface area contributed by atoms with E-state index in [1.165, 1.54) is 0 Å². The van der Waals surface area contributed by atoms with Crippen LogP contribution in [0.3, 0.4) is 0 Å². The molecule has 0 aliphatic carbocycles. The van der Waals surface area contributed by atoms with Crippen LogP contribution in [0.15, 0.2) is 36.9 Å². The van der Waals surface area contributed by atoms with E-state index >= 15 is 0 Å². The zero-order valence-corrected chi connectivity index (χ0v) is 9.19. The van der Waals surface area contributed by atoms with Gasteiger partial charge in [0.15, 0.2) is 0 Å². The van der Waals surface area contributed by atoms with Crippen molar-refractivity contribution in [1.29, 1.82) is 0 Å². The standard InChI is InChI=1S/C11H12N4O2/c1-2-5-9(8-14(16)17)15-11-7-4-3-6-10(11)12-13-15/h2-4,6-7,9H,1,5,8H2. The smallest absolute Gasteiger partial charge is 0.226 e. The summed E-state index contributed by atoms with van der Waals surface area (Å²) in [5, 5.41) is 18.6. The first kappa shape index (κ1) is 11.3. The van der Waals surface area contributed by atoms with Gasteiger partial charge in [-0.05, 0) is 18.6 Å². The number of nitrogens with zero attached hydrogens (tertiary/aromatic N) is 4. The van der Waals surface area contributed by atoms with Gasteiger partial charge in [0.05, 0.1) is 5.52 Å². The number of fused-ring (bicyclic) bond motifs is 1. The summed E-state index contributed by atoms with van der Waals surface area (Å²) in [6.07, 6.45) is 2.15. The summed E-state index contributed by atoms with van der Waals surface area (Å²) in [5.74, 6) is 0. The molecule has 1 atom stereocenters. The minimum Gasteiger partial charge on any atom is -0.264 e. The van der Waals surface area contributed by atoms with Crippen molar-refractivity contribution in [3.63, 3.8) is 0 Å². The third-order valence-electron chi connectivity index (χ3n) is 2.52. The van der Waals surface area contributed by atoms with E-state index in [-0.39, 0.29) is 17.5 Å². The molecule has 1 aromatic carbocycles. The van der Waals surface area contributed by atoms with Crippen LogP contribution in [0.25, 0.3) is 11.0 Å². The summed E-state index contributed by atoms with van der Waals surface area (Å²) < 4.78 is 1.60. The summed E-state index contributed by atoms with van der Waals surface area (Å²) >= 11 is 0. The lowest BCUT2D eigenvalue weighted by Crippen LogP contribution is -2.19. The quantitative estimate of drug-likeness (QED) is 0.447. The highest BCUT2D eigenvalue weighted by Crippen LogP contribution is 2.18.